The van der Waals surface area contributed by atoms with Crippen LogP contribution < -0.4 is 5.32 Å². The number of carbonyl (C=O) groups excluding carboxylic acids is 1. The van der Waals surface area contributed by atoms with Crippen molar-refractivity contribution in [2.45, 2.75) is 44.0 Å². The first-order valence-corrected chi connectivity index (χ1v) is 11.2. The Hall–Kier alpha value is -2.18. The van der Waals surface area contributed by atoms with Crippen molar-refractivity contribution in [2.75, 3.05) is 13.1 Å². The van der Waals surface area contributed by atoms with Gasteiger partial charge in [-0.3, -0.25) is 4.79 Å². The molecular formula is C22H28N2O3S. The maximum atomic E-state index is 12.9. The molecule has 0 radical (unpaired) electrons. The molecule has 1 N–H and O–H groups in total. The molecule has 3 rings (SSSR count). The molecule has 1 aliphatic rings. The number of rotatable bonds is 7. The quantitative estimate of drug-likeness (QED) is 0.773. The van der Waals surface area contributed by atoms with E-state index >= 15 is 0 Å². The Morgan fingerprint density at radius 2 is 1.79 bits per heavy atom. The van der Waals surface area contributed by atoms with Gasteiger partial charge < -0.3 is 5.32 Å². The van der Waals surface area contributed by atoms with Gasteiger partial charge in [-0.25, -0.2) is 8.42 Å². The summed E-state index contributed by atoms with van der Waals surface area (Å²) in [5.41, 5.74) is 2.17. The van der Waals surface area contributed by atoms with Crippen LogP contribution in [0.1, 0.15) is 43.7 Å². The lowest BCUT2D eigenvalue weighted by Gasteiger charge is -2.17. The third-order valence-electron chi connectivity index (χ3n) is 5.24. The summed E-state index contributed by atoms with van der Waals surface area (Å²) < 4.78 is 27.3. The smallest absolute Gasteiger partial charge is 0.243 e. The fourth-order valence-corrected chi connectivity index (χ4v) is 5.02. The Labute approximate surface area is 167 Å². The lowest BCUT2D eigenvalue weighted by Crippen LogP contribution is -2.30. The standard InChI is InChI=1S/C22H28N2O3S/c1-17(2)20-8-10-21(11-9-20)28(26,27)24-13-12-19(16-24)14-22(25)23-15-18-6-4-3-5-7-18/h3-11,17,19H,12-16H2,1-2H3,(H,23,25). The lowest BCUT2D eigenvalue weighted by atomic mass is 10.0. The summed E-state index contributed by atoms with van der Waals surface area (Å²) in [4.78, 5) is 12.5. The Bertz CT molecular complexity index is 893. The zero-order valence-electron chi connectivity index (χ0n) is 16.5. The molecule has 0 aromatic heterocycles. The Morgan fingerprint density at radius 3 is 2.43 bits per heavy atom. The van der Waals surface area contributed by atoms with Crippen molar-refractivity contribution in [3.05, 3.63) is 65.7 Å². The van der Waals surface area contributed by atoms with Crippen molar-refractivity contribution < 1.29 is 13.2 Å². The number of hydrogen-bond acceptors (Lipinski definition) is 3. The van der Waals surface area contributed by atoms with Crippen LogP contribution in [-0.2, 0) is 21.4 Å². The highest BCUT2D eigenvalue weighted by Crippen LogP contribution is 2.27. The minimum atomic E-state index is -3.50. The molecule has 0 saturated carbocycles. The van der Waals surface area contributed by atoms with Crippen LogP contribution in [0.25, 0.3) is 0 Å². The van der Waals surface area contributed by atoms with E-state index in [1.54, 1.807) is 12.1 Å². The van der Waals surface area contributed by atoms with Gasteiger partial charge in [-0.15, -0.1) is 0 Å². The highest BCUT2D eigenvalue weighted by Gasteiger charge is 2.33. The fraction of sp³-hybridized carbons (Fsp3) is 0.409. The molecule has 6 heteroatoms. The normalized spacial score (nSPS) is 17.8. The second-order valence-electron chi connectivity index (χ2n) is 7.71. The van der Waals surface area contributed by atoms with Crippen molar-refractivity contribution in [2.24, 2.45) is 5.92 Å². The predicted molar refractivity (Wildman–Crippen MR) is 110 cm³/mol. The van der Waals surface area contributed by atoms with Crippen molar-refractivity contribution in [3.8, 4) is 0 Å². The van der Waals surface area contributed by atoms with E-state index in [0.717, 1.165) is 11.1 Å². The minimum Gasteiger partial charge on any atom is -0.352 e. The number of amides is 1. The van der Waals surface area contributed by atoms with Gasteiger partial charge in [0.05, 0.1) is 4.90 Å². The molecule has 5 nitrogen and oxygen atoms in total. The van der Waals surface area contributed by atoms with Crippen LogP contribution in [0.5, 0.6) is 0 Å². The zero-order valence-corrected chi connectivity index (χ0v) is 17.3. The van der Waals surface area contributed by atoms with E-state index in [9.17, 15) is 13.2 Å². The highest BCUT2D eigenvalue weighted by atomic mass is 32.2. The number of sulfonamides is 1. The van der Waals surface area contributed by atoms with Gasteiger partial charge in [0.25, 0.3) is 0 Å². The van der Waals surface area contributed by atoms with Crippen molar-refractivity contribution >= 4 is 15.9 Å². The van der Waals surface area contributed by atoms with E-state index in [4.69, 9.17) is 0 Å². The molecule has 150 valence electrons. The lowest BCUT2D eigenvalue weighted by molar-refractivity contribution is -0.122. The molecule has 0 spiro atoms. The molecule has 28 heavy (non-hydrogen) atoms. The first kappa shape index (κ1) is 20.6. The summed E-state index contributed by atoms with van der Waals surface area (Å²) in [6, 6.07) is 16.9. The largest absolute Gasteiger partial charge is 0.352 e. The van der Waals surface area contributed by atoms with E-state index in [0.29, 0.717) is 43.3 Å². The second-order valence-corrected chi connectivity index (χ2v) is 9.65. The SMILES string of the molecule is CC(C)c1ccc(S(=O)(=O)N2CCC(CC(=O)NCc3ccccc3)C2)cc1. The van der Waals surface area contributed by atoms with E-state index in [2.05, 4.69) is 19.2 Å². The van der Waals surface area contributed by atoms with Crippen LogP contribution in [-0.4, -0.2) is 31.7 Å². The van der Waals surface area contributed by atoms with Crippen LogP contribution in [0.15, 0.2) is 59.5 Å². The minimum absolute atomic E-state index is 0.0330. The predicted octanol–water partition coefficient (Wildman–Crippen LogP) is 3.53. The Kier molecular flexibility index (Phi) is 6.52. The summed E-state index contributed by atoms with van der Waals surface area (Å²) >= 11 is 0. The number of nitrogens with one attached hydrogen (secondary N) is 1. The van der Waals surface area contributed by atoms with Gasteiger partial charge in [-0.2, -0.15) is 4.31 Å². The van der Waals surface area contributed by atoms with Crippen LogP contribution >= 0.6 is 0 Å². The highest BCUT2D eigenvalue weighted by molar-refractivity contribution is 7.89. The number of nitrogens with zero attached hydrogens (tertiary/aromatic N) is 1. The third-order valence-corrected chi connectivity index (χ3v) is 7.12. The first-order chi connectivity index (χ1) is 13.4. The Morgan fingerprint density at radius 1 is 1.11 bits per heavy atom. The monoisotopic (exact) mass is 400 g/mol. The second kappa shape index (κ2) is 8.88. The maximum absolute atomic E-state index is 12.9. The first-order valence-electron chi connectivity index (χ1n) is 9.77. The number of carbonyl (C=O) groups is 1. The molecular weight excluding hydrogens is 372 g/mol. The van der Waals surface area contributed by atoms with E-state index in [-0.39, 0.29) is 11.8 Å². The molecule has 2 aromatic carbocycles. The van der Waals surface area contributed by atoms with Crippen LogP contribution in [0.2, 0.25) is 0 Å². The molecule has 1 amide bonds. The third kappa shape index (κ3) is 5.00. The molecule has 0 aliphatic carbocycles. The number of benzene rings is 2. The summed E-state index contributed by atoms with van der Waals surface area (Å²) in [5.74, 6) is 0.386. The average molecular weight is 401 g/mol. The van der Waals surface area contributed by atoms with Crippen LogP contribution in [0, 0.1) is 5.92 Å². The molecule has 1 fully saturated rings. The van der Waals surface area contributed by atoms with Gasteiger partial charge in [0.1, 0.15) is 0 Å². The van der Waals surface area contributed by atoms with E-state index in [1.807, 2.05) is 42.5 Å². The maximum Gasteiger partial charge on any atom is 0.243 e. The fourth-order valence-electron chi connectivity index (χ4n) is 3.49. The summed E-state index contributed by atoms with van der Waals surface area (Å²) in [6.45, 7) is 5.52. The van der Waals surface area contributed by atoms with Gasteiger partial charge in [0, 0.05) is 26.1 Å². The summed E-state index contributed by atoms with van der Waals surface area (Å²) in [5, 5.41) is 2.92. The van der Waals surface area contributed by atoms with E-state index in [1.165, 1.54) is 4.31 Å². The average Bonchev–Trinajstić information content (AvgIpc) is 3.16. The van der Waals surface area contributed by atoms with Gasteiger partial charge in [0.2, 0.25) is 15.9 Å². The molecule has 1 heterocycles. The Balaban J connectivity index is 1.54. The molecule has 1 aliphatic heterocycles. The van der Waals surface area contributed by atoms with Crippen molar-refractivity contribution in [1.29, 1.82) is 0 Å². The van der Waals surface area contributed by atoms with Crippen LogP contribution in [0.4, 0.5) is 0 Å². The van der Waals surface area contributed by atoms with Gasteiger partial charge in [0.15, 0.2) is 0 Å². The molecule has 1 saturated heterocycles. The van der Waals surface area contributed by atoms with Crippen molar-refractivity contribution in [3.63, 3.8) is 0 Å². The summed E-state index contributed by atoms with van der Waals surface area (Å²) in [7, 11) is -3.50. The molecule has 1 unspecified atom stereocenters. The van der Waals surface area contributed by atoms with Gasteiger partial charge in [-0.1, -0.05) is 56.3 Å². The zero-order chi connectivity index (χ0) is 20.1. The van der Waals surface area contributed by atoms with E-state index < -0.39 is 10.0 Å². The molecule has 1 atom stereocenters. The van der Waals surface area contributed by atoms with Gasteiger partial charge >= 0.3 is 0 Å². The van der Waals surface area contributed by atoms with Crippen LogP contribution in [0.3, 0.4) is 0 Å². The summed E-state index contributed by atoms with van der Waals surface area (Å²) in [6.07, 6.45) is 1.06. The topological polar surface area (TPSA) is 66.5 Å². The van der Waals surface area contributed by atoms with Gasteiger partial charge in [-0.05, 0) is 41.5 Å². The molecule has 2 aromatic rings. The number of hydrogen-bond donors (Lipinski definition) is 1. The molecule has 0 bridgehead atoms. The van der Waals surface area contributed by atoms with Crippen molar-refractivity contribution in [1.82, 2.24) is 9.62 Å².